The molecule has 0 radical (unpaired) electrons. The van der Waals surface area contributed by atoms with E-state index in [1.807, 2.05) is 66.7 Å². The molecule has 32 heavy (non-hydrogen) atoms. The average Bonchev–Trinajstić information content (AvgIpc) is 2.85. The second-order valence-electron chi connectivity index (χ2n) is 7.28. The number of esters is 1. The Balaban J connectivity index is 1.57. The third kappa shape index (κ3) is 7.40. The normalized spacial score (nSPS) is 11.2. The summed E-state index contributed by atoms with van der Waals surface area (Å²) in [7, 11) is 0. The zero-order chi connectivity index (χ0) is 22.6. The Kier molecular flexibility index (Phi) is 8.57. The van der Waals surface area contributed by atoms with Gasteiger partial charge in [-0.25, -0.2) is 0 Å². The molecule has 0 aromatic heterocycles. The minimum Gasteiger partial charge on any atom is -0.461 e. The summed E-state index contributed by atoms with van der Waals surface area (Å²) in [4.78, 5) is 37.6. The maximum atomic E-state index is 12.8. The first-order chi connectivity index (χ1) is 15.6. The Morgan fingerprint density at radius 1 is 0.750 bits per heavy atom. The predicted octanol–water partition coefficient (Wildman–Crippen LogP) is 3.63. The highest BCUT2D eigenvalue weighted by Gasteiger charge is 2.22. The highest BCUT2D eigenvalue weighted by atomic mass is 16.5. The van der Waals surface area contributed by atoms with Crippen molar-refractivity contribution >= 4 is 17.8 Å². The van der Waals surface area contributed by atoms with Crippen LogP contribution in [0.4, 0.5) is 0 Å². The van der Waals surface area contributed by atoms with Crippen molar-refractivity contribution in [1.82, 2.24) is 10.6 Å². The molecule has 164 valence electrons. The molecular weight excluding hydrogens is 404 g/mol. The standard InChI is InChI=1S/C26H26N2O4/c29-24(32-19-21-12-6-2-7-13-21)17-16-23(28-25(30)22-14-8-3-9-15-22)26(31)27-18-20-10-4-1-5-11-20/h1-15,23H,16-19H2,(H,27,31)(H,28,30)/t23-/m1/s1. The fourth-order valence-corrected chi connectivity index (χ4v) is 3.08. The van der Waals surface area contributed by atoms with Crippen LogP contribution in [0.15, 0.2) is 91.0 Å². The molecule has 3 aromatic carbocycles. The number of hydrogen-bond acceptors (Lipinski definition) is 4. The number of benzene rings is 3. The predicted molar refractivity (Wildman–Crippen MR) is 121 cm³/mol. The van der Waals surface area contributed by atoms with Gasteiger partial charge in [0.15, 0.2) is 0 Å². The van der Waals surface area contributed by atoms with Crippen molar-refractivity contribution in [2.24, 2.45) is 0 Å². The number of ether oxygens (including phenoxy) is 1. The molecule has 1 atom stereocenters. The Hall–Kier alpha value is -3.93. The van der Waals surface area contributed by atoms with Crippen LogP contribution < -0.4 is 10.6 Å². The number of hydrogen-bond donors (Lipinski definition) is 2. The van der Waals surface area contributed by atoms with Gasteiger partial charge in [-0.15, -0.1) is 0 Å². The first kappa shape index (κ1) is 22.7. The van der Waals surface area contributed by atoms with Gasteiger partial charge >= 0.3 is 5.97 Å². The third-order valence-electron chi connectivity index (χ3n) is 4.85. The molecule has 6 nitrogen and oxygen atoms in total. The number of carbonyl (C=O) groups is 3. The van der Waals surface area contributed by atoms with Crippen LogP contribution in [0.3, 0.4) is 0 Å². The van der Waals surface area contributed by atoms with E-state index in [1.54, 1.807) is 24.3 Å². The van der Waals surface area contributed by atoms with Crippen molar-refractivity contribution < 1.29 is 19.1 Å². The topological polar surface area (TPSA) is 84.5 Å². The number of carbonyl (C=O) groups excluding carboxylic acids is 3. The molecule has 0 saturated heterocycles. The highest BCUT2D eigenvalue weighted by molar-refractivity contribution is 5.97. The van der Waals surface area contributed by atoms with Gasteiger partial charge in [0.2, 0.25) is 5.91 Å². The minimum absolute atomic E-state index is 0.00528. The Morgan fingerprint density at radius 3 is 1.94 bits per heavy atom. The summed E-state index contributed by atoms with van der Waals surface area (Å²) < 4.78 is 5.29. The van der Waals surface area contributed by atoms with E-state index in [1.165, 1.54) is 0 Å². The zero-order valence-electron chi connectivity index (χ0n) is 17.7. The van der Waals surface area contributed by atoms with Crippen LogP contribution in [0.1, 0.15) is 34.3 Å². The van der Waals surface area contributed by atoms with Gasteiger partial charge in [-0.05, 0) is 29.7 Å². The molecule has 3 rings (SSSR count). The first-order valence-electron chi connectivity index (χ1n) is 10.5. The van der Waals surface area contributed by atoms with E-state index in [0.29, 0.717) is 12.1 Å². The summed E-state index contributed by atoms with van der Waals surface area (Å²) in [5.41, 5.74) is 2.27. The van der Waals surface area contributed by atoms with Gasteiger partial charge in [-0.1, -0.05) is 78.9 Å². The molecule has 0 saturated carbocycles. The fourth-order valence-electron chi connectivity index (χ4n) is 3.08. The zero-order valence-corrected chi connectivity index (χ0v) is 17.7. The van der Waals surface area contributed by atoms with E-state index in [2.05, 4.69) is 10.6 Å². The molecule has 0 spiro atoms. The fraction of sp³-hybridized carbons (Fsp3) is 0.192. The van der Waals surface area contributed by atoms with E-state index >= 15 is 0 Å². The van der Waals surface area contributed by atoms with Crippen LogP contribution in [-0.2, 0) is 27.5 Å². The lowest BCUT2D eigenvalue weighted by Crippen LogP contribution is -2.46. The van der Waals surface area contributed by atoms with Crippen LogP contribution in [0.5, 0.6) is 0 Å². The van der Waals surface area contributed by atoms with E-state index in [0.717, 1.165) is 11.1 Å². The maximum absolute atomic E-state index is 12.8. The summed E-state index contributed by atoms with van der Waals surface area (Å²) in [6, 6.07) is 26.6. The van der Waals surface area contributed by atoms with Crippen LogP contribution in [-0.4, -0.2) is 23.8 Å². The molecule has 3 aromatic rings. The SMILES string of the molecule is O=C(CC[C@@H](NC(=O)c1ccccc1)C(=O)NCc1ccccc1)OCc1ccccc1. The highest BCUT2D eigenvalue weighted by Crippen LogP contribution is 2.07. The quantitative estimate of drug-likeness (QED) is 0.481. The molecule has 0 aliphatic carbocycles. The van der Waals surface area contributed by atoms with Gasteiger partial charge in [0.05, 0.1) is 0 Å². The molecule has 0 heterocycles. The van der Waals surface area contributed by atoms with Crippen molar-refractivity contribution in [3.05, 3.63) is 108 Å². The molecule has 2 amide bonds. The second kappa shape index (κ2) is 12.1. The average molecular weight is 431 g/mol. The van der Waals surface area contributed by atoms with Gasteiger partial charge in [0.25, 0.3) is 5.91 Å². The Labute approximate surface area is 187 Å². The summed E-state index contributed by atoms with van der Waals surface area (Å²) in [6.45, 7) is 0.497. The number of nitrogens with one attached hydrogen (secondary N) is 2. The lowest BCUT2D eigenvalue weighted by atomic mass is 10.1. The van der Waals surface area contributed by atoms with E-state index in [-0.39, 0.29) is 31.3 Å². The van der Waals surface area contributed by atoms with Gasteiger partial charge < -0.3 is 15.4 Å². The Bertz CT molecular complexity index is 1010. The van der Waals surface area contributed by atoms with Crippen LogP contribution in [0, 0.1) is 0 Å². The minimum atomic E-state index is -0.865. The first-order valence-corrected chi connectivity index (χ1v) is 10.5. The van der Waals surface area contributed by atoms with Gasteiger partial charge in [0, 0.05) is 18.5 Å². The van der Waals surface area contributed by atoms with Gasteiger partial charge in [-0.3, -0.25) is 14.4 Å². The Morgan fingerprint density at radius 2 is 1.31 bits per heavy atom. The maximum Gasteiger partial charge on any atom is 0.306 e. The van der Waals surface area contributed by atoms with Crippen LogP contribution in [0.2, 0.25) is 0 Å². The largest absolute Gasteiger partial charge is 0.461 e. The van der Waals surface area contributed by atoms with E-state index in [9.17, 15) is 14.4 Å². The monoisotopic (exact) mass is 430 g/mol. The van der Waals surface area contributed by atoms with E-state index < -0.39 is 12.0 Å². The summed E-state index contributed by atoms with van der Waals surface area (Å²) in [5, 5.41) is 5.57. The van der Waals surface area contributed by atoms with Gasteiger partial charge in [0.1, 0.15) is 12.6 Å². The molecule has 0 unspecified atom stereocenters. The molecular formula is C26H26N2O4. The van der Waals surface area contributed by atoms with E-state index in [4.69, 9.17) is 4.74 Å². The van der Waals surface area contributed by atoms with Crippen molar-refractivity contribution in [2.75, 3.05) is 0 Å². The van der Waals surface area contributed by atoms with Crippen LogP contribution in [0.25, 0.3) is 0 Å². The van der Waals surface area contributed by atoms with Crippen molar-refractivity contribution in [1.29, 1.82) is 0 Å². The van der Waals surface area contributed by atoms with Gasteiger partial charge in [-0.2, -0.15) is 0 Å². The third-order valence-corrected chi connectivity index (χ3v) is 4.85. The molecule has 2 N–H and O–H groups in total. The summed E-state index contributed by atoms with van der Waals surface area (Å²) >= 11 is 0. The molecule has 0 aliphatic rings. The summed E-state index contributed by atoms with van der Waals surface area (Å²) in [6.07, 6.45) is 0.137. The lowest BCUT2D eigenvalue weighted by molar-refractivity contribution is -0.145. The van der Waals surface area contributed by atoms with Crippen molar-refractivity contribution in [2.45, 2.75) is 32.0 Å². The number of amides is 2. The molecule has 0 aliphatic heterocycles. The smallest absolute Gasteiger partial charge is 0.306 e. The number of rotatable bonds is 10. The molecule has 0 bridgehead atoms. The second-order valence-corrected chi connectivity index (χ2v) is 7.28. The van der Waals surface area contributed by atoms with Crippen molar-refractivity contribution in [3.8, 4) is 0 Å². The van der Waals surface area contributed by atoms with Crippen molar-refractivity contribution in [3.63, 3.8) is 0 Å². The lowest BCUT2D eigenvalue weighted by Gasteiger charge is -2.18. The summed E-state index contributed by atoms with van der Waals surface area (Å²) in [5.74, 6) is -1.15. The van der Waals surface area contributed by atoms with Crippen LogP contribution >= 0.6 is 0 Å². The molecule has 6 heteroatoms. The molecule has 0 fully saturated rings.